The molecule has 1 atom stereocenters. The monoisotopic (exact) mass is 310 g/mol. The Labute approximate surface area is 131 Å². The van der Waals surface area contributed by atoms with Crippen molar-refractivity contribution < 1.29 is 4.79 Å². The van der Waals surface area contributed by atoms with Crippen LogP contribution in [0, 0.1) is 6.92 Å². The molecule has 0 saturated heterocycles. The molecule has 2 aromatic heterocycles. The van der Waals surface area contributed by atoms with Gasteiger partial charge in [0.1, 0.15) is 0 Å². The summed E-state index contributed by atoms with van der Waals surface area (Å²) >= 11 is 1.62. The number of aromatic amines is 1. The maximum absolute atomic E-state index is 11.8. The summed E-state index contributed by atoms with van der Waals surface area (Å²) in [6.07, 6.45) is 1.79. The van der Waals surface area contributed by atoms with E-state index in [4.69, 9.17) is 0 Å². The fourth-order valence-corrected chi connectivity index (χ4v) is 3.97. The molecule has 0 bridgehead atoms. The molecular formula is C16H14N4OS. The van der Waals surface area contributed by atoms with E-state index >= 15 is 0 Å². The van der Waals surface area contributed by atoms with Gasteiger partial charge in [-0.05, 0) is 30.7 Å². The summed E-state index contributed by atoms with van der Waals surface area (Å²) in [6, 6.07) is 10.2. The highest BCUT2D eigenvalue weighted by molar-refractivity contribution is 8.00. The molecule has 3 heterocycles. The minimum atomic E-state index is -0.0114. The number of H-pyrrole nitrogens is 1. The van der Waals surface area contributed by atoms with Crippen LogP contribution in [0.15, 0.2) is 36.5 Å². The van der Waals surface area contributed by atoms with E-state index in [1.54, 1.807) is 18.0 Å². The first-order chi connectivity index (χ1) is 10.7. The Hall–Kier alpha value is -2.34. The van der Waals surface area contributed by atoms with E-state index in [9.17, 15) is 4.79 Å². The van der Waals surface area contributed by atoms with E-state index in [2.05, 4.69) is 38.7 Å². The Kier molecular flexibility index (Phi) is 3.11. The first-order valence-corrected chi connectivity index (χ1v) is 8.08. The Morgan fingerprint density at radius 3 is 3.14 bits per heavy atom. The number of hydrogen-bond donors (Lipinski definition) is 2. The average molecular weight is 310 g/mol. The molecular weight excluding hydrogens is 296 g/mol. The van der Waals surface area contributed by atoms with Crippen molar-refractivity contribution in [3.63, 3.8) is 0 Å². The highest BCUT2D eigenvalue weighted by Crippen LogP contribution is 2.42. The molecule has 0 radical (unpaired) electrons. The number of thioether (sulfide) groups is 1. The normalized spacial score (nSPS) is 17.9. The van der Waals surface area contributed by atoms with Crippen molar-refractivity contribution in [2.75, 3.05) is 11.1 Å². The molecule has 6 heteroatoms. The zero-order valence-corrected chi connectivity index (χ0v) is 12.8. The summed E-state index contributed by atoms with van der Waals surface area (Å²) in [5.74, 6) is 1.05. The zero-order chi connectivity index (χ0) is 15.1. The number of aryl methyl sites for hydroxylation is 1. The standard InChI is InChI=1S/C16H14N4OS/c1-9-14-15(22-8-13(21)18-16(14)20-19-9)11-4-5-12-10(7-11)3-2-6-17-12/h2-7,15H,8H2,1H3,(H2,18,19,20,21)/t15-/m1/s1. The molecule has 2 N–H and O–H groups in total. The van der Waals surface area contributed by atoms with Crippen molar-refractivity contribution in [3.05, 3.63) is 53.3 Å². The van der Waals surface area contributed by atoms with Gasteiger partial charge >= 0.3 is 0 Å². The van der Waals surface area contributed by atoms with Gasteiger partial charge in [-0.15, -0.1) is 11.8 Å². The summed E-state index contributed by atoms with van der Waals surface area (Å²) in [5, 5.41) is 11.2. The molecule has 0 fully saturated rings. The van der Waals surface area contributed by atoms with Crippen molar-refractivity contribution in [3.8, 4) is 0 Å². The van der Waals surface area contributed by atoms with Gasteiger partial charge in [-0.25, -0.2) is 0 Å². The fourth-order valence-electron chi connectivity index (χ4n) is 2.78. The van der Waals surface area contributed by atoms with Crippen LogP contribution < -0.4 is 5.32 Å². The quantitative estimate of drug-likeness (QED) is 0.725. The number of hydrogen-bond acceptors (Lipinski definition) is 4. The lowest BCUT2D eigenvalue weighted by atomic mass is 10.0. The molecule has 3 aromatic rings. The molecule has 110 valence electrons. The number of anilines is 1. The van der Waals surface area contributed by atoms with Gasteiger partial charge in [0.05, 0.1) is 16.5 Å². The summed E-state index contributed by atoms with van der Waals surface area (Å²) in [7, 11) is 0. The first kappa shape index (κ1) is 13.3. The van der Waals surface area contributed by atoms with Crippen LogP contribution in [0.5, 0.6) is 0 Å². The van der Waals surface area contributed by atoms with Crippen LogP contribution in [0.4, 0.5) is 5.82 Å². The molecule has 0 unspecified atom stereocenters. The Bertz CT molecular complexity index is 873. The first-order valence-electron chi connectivity index (χ1n) is 7.03. The van der Waals surface area contributed by atoms with E-state index in [-0.39, 0.29) is 11.2 Å². The summed E-state index contributed by atoms with van der Waals surface area (Å²) in [4.78, 5) is 16.2. The lowest BCUT2D eigenvalue weighted by Gasteiger charge is -2.15. The number of nitrogens with one attached hydrogen (secondary N) is 2. The van der Waals surface area contributed by atoms with Gasteiger partial charge in [0, 0.05) is 22.8 Å². The minimum Gasteiger partial charge on any atom is -0.308 e. The summed E-state index contributed by atoms with van der Waals surface area (Å²) in [5.41, 5.74) is 4.18. The second-order valence-electron chi connectivity index (χ2n) is 5.31. The smallest absolute Gasteiger partial charge is 0.235 e. The maximum atomic E-state index is 11.8. The van der Waals surface area contributed by atoms with Crippen LogP contribution in [0.3, 0.4) is 0 Å². The predicted octanol–water partition coefficient (Wildman–Crippen LogP) is 3.04. The second-order valence-corrected chi connectivity index (χ2v) is 6.40. The highest BCUT2D eigenvalue weighted by Gasteiger charge is 2.28. The largest absolute Gasteiger partial charge is 0.308 e. The van der Waals surface area contributed by atoms with Gasteiger partial charge in [-0.2, -0.15) is 5.10 Å². The Balaban J connectivity index is 1.86. The number of rotatable bonds is 1. The van der Waals surface area contributed by atoms with E-state index in [1.807, 2.05) is 19.1 Å². The van der Waals surface area contributed by atoms with Crippen molar-refractivity contribution in [1.82, 2.24) is 15.2 Å². The molecule has 0 spiro atoms. The fraction of sp³-hybridized carbons (Fsp3) is 0.188. The van der Waals surface area contributed by atoms with Gasteiger partial charge in [-0.3, -0.25) is 14.9 Å². The molecule has 4 rings (SSSR count). The number of pyridine rings is 1. The molecule has 0 saturated carbocycles. The van der Waals surface area contributed by atoms with Crippen LogP contribution in [-0.4, -0.2) is 26.8 Å². The average Bonchev–Trinajstić information content (AvgIpc) is 2.79. The number of benzene rings is 1. The molecule has 1 aliphatic rings. The van der Waals surface area contributed by atoms with E-state index in [1.165, 1.54) is 0 Å². The zero-order valence-electron chi connectivity index (χ0n) is 12.0. The molecule has 5 nitrogen and oxygen atoms in total. The summed E-state index contributed by atoms with van der Waals surface area (Å²) in [6.45, 7) is 1.99. The number of fused-ring (bicyclic) bond motifs is 2. The van der Waals surface area contributed by atoms with E-state index < -0.39 is 0 Å². The minimum absolute atomic E-state index is 0.0114. The third-order valence-corrected chi connectivity index (χ3v) is 5.10. The third kappa shape index (κ3) is 2.16. The number of aromatic nitrogens is 3. The van der Waals surface area contributed by atoms with Gasteiger partial charge in [0.15, 0.2) is 5.82 Å². The Morgan fingerprint density at radius 1 is 1.32 bits per heavy atom. The number of amides is 1. The van der Waals surface area contributed by atoms with Crippen LogP contribution >= 0.6 is 11.8 Å². The van der Waals surface area contributed by atoms with Crippen molar-refractivity contribution in [1.29, 1.82) is 0 Å². The van der Waals surface area contributed by atoms with Crippen LogP contribution in [0.2, 0.25) is 0 Å². The molecule has 1 aromatic carbocycles. The number of carbonyl (C=O) groups excluding carboxylic acids is 1. The number of nitrogens with zero attached hydrogens (tertiary/aromatic N) is 2. The van der Waals surface area contributed by atoms with Gasteiger partial charge in [0.2, 0.25) is 5.91 Å². The van der Waals surface area contributed by atoms with E-state index in [0.717, 1.165) is 27.7 Å². The molecule has 0 aliphatic carbocycles. The molecule has 1 amide bonds. The highest BCUT2D eigenvalue weighted by atomic mass is 32.2. The predicted molar refractivity (Wildman–Crippen MR) is 88.0 cm³/mol. The summed E-state index contributed by atoms with van der Waals surface area (Å²) < 4.78 is 0. The number of carbonyl (C=O) groups is 1. The second kappa shape index (κ2) is 5.14. The molecule has 1 aliphatic heterocycles. The third-order valence-electron chi connectivity index (χ3n) is 3.83. The Morgan fingerprint density at radius 2 is 2.23 bits per heavy atom. The molecule has 22 heavy (non-hydrogen) atoms. The van der Waals surface area contributed by atoms with Crippen molar-refractivity contribution in [2.45, 2.75) is 12.2 Å². The van der Waals surface area contributed by atoms with Gasteiger partial charge in [-0.1, -0.05) is 12.1 Å². The lowest BCUT2D eigenvalue weighted by molar-refractivity contribution is -0.113. The van der Waals surface area contributed by atoms with Crippen LogP contribution in [0.1, 0.15) is 22.1 Å². The van der Waals surface area contributed by atoms with Crippen LogP contribution in [-0.2, 0) is 4.79 Å². The maximum Gasteiger partial charge on any atom is 0.235 e. The lowest BCUT2D eigenvalue weighted by Crippen LogP contribution is -2.12. The van der Waals surface area contributed by atoms with E-state index in [0.29, 0.717) is 11.6 Å². The van der Waals surface area contributed by atoms with Crippen LogP contribution in [0.25, 0.3) is 10.9 Å². The SMILES string of the molecule is Cc1[nH]nc2c1[C@@H](c1ccc3ncccc3c1)SCC(=O)N2. The van der Waals surface area contributed by atoms with Crippen molar-refractivity contribution in [2.24, 2.45) is 0 Å². The topological polar surface area (TPSA) is 70.7 Å². The van der Waals surface area contributed by atoms with Crippen molar-refractivity contribution >= 4 is 34.4 Å². The van der Waals surface area contributed by atoms with Gasteiger partial charge in [0.25, 0.3) is 0 Å². The van der Waals surface area contributed by atoms with Gasteiger partial charge < -0.3 is 5.32 Å².